The molecule has 0 bridgehead atoms. The molecule has 5 nitrogen and oxygen atoms in total. The largest absolute Gasteiger partial charge is 0.465 e. The second kappa shape index (κ2) is 5.40. The average Bonchev–Trinajstić information content (AvgIpc) is 2.74. The predicted molar refractivity (Wildman–Crippen MR) is 68.5 cm³/mol. The Bertz CT molecular complexity index is 497. The molecule has 0 radical (unpaired) electrons. The number of anilines is 1. The first kappa shape index (κ1) is 11.5. The van der Waals surface area contributed by atoms with Crippen LogP contribution in [0.3, 0.4) is 0 Å². The van der Waals surface area contributed by atoms with Crippen LogP contribution in [-0.4, -0.2) is 15.1 Å². The van der Waals surface area contributed by atoms with Gasteiger partial charge in [0.25, 0.3) is 0 Å². The normalized spacial score (nSPS) is 9.94. The van der Waals surface area contributed by atoms with Gasteiger partial charge in [0, 0.05) is 12.4 Å². The maximum atomic E-state index is 5.41. The number of aromatic nitrogens is 2. The van der Waals surface area contributed by atoms with Gasteiger partial charge < -0.3 is 15.1 Å². The molecule has 0 atom stereocenters. The van der Waals surface area contributed by atoms with E-state index in [1.54, 1.807) is 18.6 Å². The van der Waals surface area contributed by atoms with E-state index in [-0.39, 0.29) is 0 Å². The van der Waals surface area contributed by atoms with Crippen LogP contribution in [0.15, 0.2) is 35.1 Å². The number of hydrogen-bond acceptors (Lipinski definition) is 4. The molecule has 17 heavy (non-hydrogen) atoms. The fourth-order valence-corrected chi connectivity index (χ4v) is 1.45. The summed E-state index contributed by atoms with van der Waals surface area (Å²) < 4.78 is 5.41. The molecule has 2 rings (SSSR count). The van der Waals surface area contributed by atoms with Gasteiger partial charge in [-0.3, -0.25) is 4.98 Å². The van der Waals surface area contributed by atoms with Gasteiger partial charge in [-0.15, -0.1) is 0 Å². The Hall–Kier alpha value is -1.95. The van der Waals surface area contributed by atoms with Crippen molar-refractivity contribution in [2.24, 2.45) is 0 Å². The number of aryl methyl sites for hydroxylation is 1. The lowest BCUT2D eigenvalue weighted by atomic mass is 10.4. The van der Waals surface area contributed by atoms with Crippen molar-refractivity contribution in [1.82, 2.24) is 15.3 Å². The number of furan rings is 1. The number of thiocarbonyl (C=S) groups is 1. The zero-order chi connectivity index (χ0) is 12.1. The maximum Gasteiger partial charge on any atom is 0.172 e. The summed E-state index contributed by atoms with van der Waals surface area (Å²) in [5, 5.41) is 6.43. The molecule has 0 saturated carbocycles. The monoisotopic (exact) mass is 248 g/mol. The molecule has 0 saturated heterocycles. The summed E-state index contributed by atoms with van der Waals surface area (Å²) in [5.74, 6) is 2.33. The highest BCUT2D eigenvalue weighted by atomic mass is 32.1. The Morgan fingerprint density at radius 3 is 2.94 bits per heavy atom. The lowest BCUT2D eigenvalue weighted by Gasteiger charge is -2.07. The Kier molecular flexibility index (Phi) is 3.66. The molecule has 0 aliphatic heterocycles. The fraction of sp³-hybridized carbons (Fsp3) is 0.182. The number of hydrogen-bond donors (Lipinski definition) is 2. The second-order valence-electron chi connectivity index (χ2n) is 3.41. The number of nitrogens with one attached hydrogen (secondary N) is 2. The minimum Gasteiger partial charge on any atom is -0.465 e. The summed E-state index contributed by atoms with van der Waals surface area (Å²) in [6.45, 7) is 2.44. The van der Waals surface area contributed by atoms with Crippen LogP contribution in [-0.2, 0) is 6.54 Å². The minimum atomic E-state index is 0.486. The zero-order valence-electron chi connectivity index (χ0n) is 9.30. The van der Waals surface area contributed by atoms with E-state index < -0.39 is 0 Å². The highest BCUT2D eigenvalue weighted by Crippen LogP contribution is 2.05. The summed E-state index contributed by atoms with van der Waals surface area (Å²) in [6, 6.07) is 3.82. The summed E-state index contributed by atoms with van der Waals surface area (Å²) in [4.78, 5) is 7.98. The van der Waals surface area contributed by atoms with Gasteiger partial charge in [-0.05, 0) is 31.3 Å². The van der Waals surface area contributed by atoms with Crippen molar-refractivity contribution in [2.45, 2.75) is 13.5 Å². The predicted octanol–water partition coefficient (Wildman–Crippen LogP) is 1.86. The highest BCUT2D eigenvalue weighted by molar-refractivity contribution is 7.80. The quantitative estimate of drug-likeness (QED) is 0.808. The van der Waals surface area contributed by atoms with Gasteiger partial charge in [0.15, 0.2) is 10.9 Å². The molecule has 0 aliphatic rings. The molecule has 0 amide bonds. The molecule has 6 heteroatoms. The highest BCUT2D eigenvalue weighted by Gasteiger charge is 2.01. The Labute approximate surface area is 104 Å². The molecule has 0 fully saturated rings. The smallest absolute Gasteiger partial charge is 0.172 e. The molecule has 2 N–H and O–H groups in total. The second-order valence-corrected chi connectivity index (χ2v) is 3.82. The standard InChI is InChI=1S/C11H12N4OS/c1-8-2-3-9(16-8)6-14-11(17)15-10-7-12-4-5-13-10/h2-5,7H,6H2,1H3,(H2,13,14,15,17). The number of nitrogens with zero attached hydrogens (tertiary/aromatic N) is 2. The Morgan fingerprint density at radius 1 is 1.41 bits per heavy atom. The van der Waals surface area contributed by atoms with Crippen molar-refractivity contribution in [2.75, 3.05) is 5.32 Å². The van der Waals surface area contributed by atoms with Gasteiger partial charge in [0.1, 0.15) is 11.5 Å². The van der Waals surface area contributed by atoms with Crippen molar-refractivity contribution in [3.8, 4) is 0 Å². The van der Waals surface area contributed by atoms with Gasteiger partial charge in [-0.1, -0.05) is 0 Å². The fourth-order valence-electron chi connectivity index (χ4n) is 1.27. The Balaban J connectivity index is 1.82. The summed E-state index contributed by atoms with van der Waals surface area (Å²) >= 11 is 5.11. The molecule has 0 aromatic carbocycles. The van der Waals surface area contributed by atoms with E-state index in [4.69, 9.17) is 16.6 Å². The van der Waals surface area contributed by atoms with Crippen molar-refractivity contribution in [3.05, 3.63) is 42.2 Å². The minimum absolute atomic E-state index is 0.486. The van der Waals surface area contributed by atoms with E-state index in [1.807, 2.05) is 19.1 Å². The van der Waals surface area contributed by atoms with E-state index in [1.165, 1.54) is 0 Å². The lowest BCUT2D eigenvalue weighted by molar-refractivity contribution is 0.478. The third-order valence-electron chi connectivity index (χ3n) is 2.02. The first-order chi connectivity index (χ1) is 8.24. The van der Waals surface area contributed by atoms with Gasteiger partial charge in [0.05, 0.1) is 12.7 Å². The maximum absolute atomic E-state index is 5.41. The van der Waals surface area contributed by atoms with Crippen molar-refractivity contribution < 1.29 is 4.42 Å². The molecule has 88 valence electrons. The third kappa shape index (κ3) is 3.53. The van der Waals surface area contributed by atoms with Crippen molar-refractivity contribution >= 4 is 23.1 Å². The van der Waals surface area contributed by atoms with Crippen LogP contribution in [0.2, 0.25) is 0 Å². The van der Waals surface area contributed by atoms with E-state index in [0.717, 1.165) is 11.5 Å². The Morgan fingerprint density at radius 2 is 2.29 bits per heavy atom. The topological polar surface area (TPSA) is 63.0 Å². The summed E-state index contributed by atoms with van der Waals surface area (Å²) in [6.07, 6.45) is 4.80. The molecule has 2 heterocycles. The van der Waals surface area contributed by atoms with Gasteiger partial charge in [0.2, 0.25) is 0 Å². The van der Waals surface area contributed by atoms with Gasteiger partial charge in [-0.25, -0.2) is 4.98 Å². The number of rotatable bonds is 3. The molecule has 0 unspecified atom stereocenters. The van der Waals surface area contributed by atoms with Crippen LogP contribution in [0, 0.1) is 6.92 Å². The van der Waals surface area contributed by atoms with E-state index in [2.05, 4.69) is 20.6 Å². The molecule has 0 spiro atoms. The molecule has 0 aliphatic carbocycles. The summed E-state index contributed by atoms with van der Waals surface area (Å²) in [7, 11) is 0. The van der Waals surface area contributed by atoms with Crippen LogP contribution < -0.4 is 10.6 Å². The molecular formula is C11H12N4OS. The van der Waals surface area contributed by atoms with Crippen LogP contribution >= 0.6 is 12.2 Å². The summed E-state index contributed by atoms with van der Waals surface area (Å²) in [5.41, 5.74) is 0. The van der Waals surface area contributed by atoms with Crippen LogP contribution in [0.1, 0.15) is 11.5 Å². The van der Waals surface area contributed by atoms with Crippen LogP contribution in [0.4, 0.5) is 5.82 Å². The van der Waals surface area contributed by atoms with Crippen LogP contribution in [0.5, 0.6) is 0 Å². The lowest BCUT2D eigenvalue weighted by Crippen LogP contribution is -2.28. The molecule has 2 aromatic heterocycles. The third-order valence-corrected chi connectivity index (χ3v) is 2.27. The van der Waals surface area contributed by atoms with E-state index in [9.17, 15) is 0 Å². The van der Waals surface area contributed by atoms with Crippen LogP contribution in [0.25, 0.3) is 0 Å². The SMILES string of the molecule is Cc1ccc(CNC(=S)Nc2cnccn2)o1. The van der Waals surface area contributed by atoms with Gasteiger partial charge in [-0.2, -0.15) is 0 Å². The molecule has 2 aromatic rings. The first-order valence-electron chi connectivity index (χ1n) is 5.10. The first-order valence-corrected chi connectivity index (χ1v) is 5.51. The average molecular weight is 248 g/mol. The molecular weight excluding hydrogens is 236 g/mol. The van der Waals surface area contributed by atoms with Crippen molar-refractivity contribution in [1.29, 1.82) is 0 Å². The van der Waals surface area contributed by atoms with Crippen molar-refractivity contribution in [3.63, 3.8) is 0 Å². The zero-order valence-corrected chi connectivity index (χ0v) is 10.1. The van der Waals surface area contributed by atoms with E-state index >= 15 is 0 Å². The van der Waals surface area contributed by atoms with E-state index in [0.29, 0.717) is 17.5 Å². The van der Waals surface area contributed by atoms with Gasteiger partial charge >= 0.3 is 0 Å².